The lowest BCUT2D eigenvalue weighted by atomic mass is 10.0. The van der Waals surface area contributed by atoms with Crippen molar-refractivity contribution in [2.24, 2.45) is 11.3 Å². The van der Waals surface area contributed by atoms with Crippen molar-refractivity contribution < 1.29 is 31.9 Å². The number of halogens is 6. The average molecular weight is 267 g/mol. The van der Waals surface area contributed by atoms with E-state index >= 15 is 0 Å². The molecule has 0 aliphatic heterocycles. The Hall–Kier alpha value is -0.590. The van der Waals surface area contributed by atoms with Crippen LogP contribution in [0.25, 0.3) is 0 Å². The molecule has 2 unspecified atom stereocenters. The summed E-state index contributed by atoms with van der Waals surface area (Å²) in [6.07, 6.45) is -5.86. The minimum Gasteiger partial charge on any atom is -0.481 e. The molecule has 2 atom stereocenters. The third-order valence-corrected chi connectivity index (χ3v) is 3.98. The smallest absolute Gasteiger partial charge is 0.455 e. The van der Waals surface area contributed by atoms with Gasteiger partial charge in [-0.25, -0.2) is 0 Å². The molecule has 2 nitrogen and oxygen atoms in total. The van der Waals surface area contributed by atoms with Gasteiger partial charge in [0.25, 0.3) is 0 Å². The van der Waals surface area contributed by atoms with Gasteiger partial charge in [-0.05, 0) is 0 Å². The number of hydrogen-bond donors (Lipinski definition) is 1. The highest BCUT2D eigenvalue weighted by Crippen LogP contribution is 2.74. The fraction of sp³-hybridized carbons (Fsp3) is 0.875. The molecule has 1 rings (SSSR count). The van der Waals surface area contributed by atoms with Crippen LogP contribution in [0.1, 0.15) is 13.8 Å². The topological polar surface area (TPSA) is 37.3 Å². The van der Waals surface area contributed by atoms with Crippen LogP contribution in [0.4, 0.5) is 22.0 Å². The van der Waals surface area contributed by atoms with Crippen molar-refractivity contribution in [1.82, 2.24) is 0 Å². The lowest BCUT2D eigenvalue weighted by Gasteiger charge is -2.26. The first-order valence-corrected chi connectivity index (χ1v) is 4.56. The number of carboxylic acid groups (broad SMARTS) is 1. The van der Waals surface area contributed by atoms with Crippen LogP contribution in [0.15, 0.2) is 0 Å². The molecule has 1 aliphatic carbocycles. The molecule has 1 N–H and O–H groups in total. The van der Waals surface area contributed by atoms with E-state index in [0.717, 1.165) is 13.8 Å². The lowest BCUT2D eigenvalue weighted by molar-refractivity contribution is -0.289. The minimum atomic E-state index is -5.86. The number of carbonyl (C=O) groups is 1. The van der Waals surface area contributed by atoms with Crippen LogP contribution in [0.3, 0.4) is 0 Å². The van der Waals surface area contributed by atoms with Gasteiger partial charge in [0.1, 0.15) is 4.87 Å². The highest BCUT2D eigenvalue weighted by atomic mass is 35.5. The lowest BCUT2D eigenvalue weighted by Crippen LogP contribution is -2.49. The Bertz CT molecular complexity index is 338. The maximum atomic E-state index is 13.1. The van der Waals surface area contributed by atoms with Gasteiger partial charge in [0.2, 0.25) is 0 Å². The Kier molecular flexibility index (Phi) is 2.52. The van der Waals surface area contributed by atoms with Crippen LogP contribution < -0.4 is 0 Å². The summed E-state index contributed by atoms with van der Waals surface area (Å²) in [6.45, 7) is 1.94. The molecular weight excluding hydrogens is 259 g/mol. The van der Waals surface area contributed by atoms with E-state index in [4.69, 9.17) is 16.7 Å². The number of rotatable bonds is 2. The summed E-state index contributed by atoms with van der Waals surface area (Å²) in [5, 5.41) is 8.57. The molecule has 0 saturated heterocycles. The van der Waals surface area contributed by atoms with Gasteiger partial charge < -0.3 is 5.11 Å². The third kappa shape index (κ3) is 1.26. The zero-order chi connectivity index (χ0) is 13.2. The Balaban J connectivity index is 3.21. The van der Waals surface area contributed by atoms with E-state index < -0.39 is 34.3 Å². The maximum Gasteiger partial charge on any atom is 0.455 e. The Morgan fingerprint density at radius 2 is 1.62 bits per heavy atom. The first kappa shape index (κ1) is 13.5. The monoisotopic (exact) mass is 266 g/mol. The number of hydrogen-bond acceptors (Lipinski definition) is 1. The van der Waals surface area contributed by atoms with Crippen LogP contribution in [-0.2, 0) is 4.79 Å². The fourth-order valence-corrected chi connectivity index (χ4v) is 2.51. The maximum absolute atomic E-state index is 13.1. The van der Waals surface area contributed by atoms with Crippen LogP contribution >= 0.6 is 11.6 Å². The molecular formula is C8H8ClF5O2. The van der Waals surface area contributed by atoms with Crippen molar-refractivity contribution in [2.75, 3.05) is 0 Å². The Labute approximate surface area is 92.4 Å². The summed E-state index contributed by atoms with van der Waals surface area (Å²) in [7, 11) is 0. The van der Waals surface area contributed by atoms with Crippen molar-refractivity contribution in [2.45, 2.75) is 30.8 Å². The van der Waals surface area contributed by atoms with Gasteiger partial charge in [0, 0.05) is 5.41 Å². The standard InChI is InChI=1S/C8H8ClF5O2/c1-5(2)3(4(15)16)6(5,9)7(10,11)8(12,13)14/h3H,1-2H3,(H,15,16). The summed E-state index contributed by atoms with van der Waals surface area (Å²) in [5.41, 5.74) is -1.82. The first-order chi connectivity index (χ1) is 6.82. The van der Waals surface area contributed by atoms with Gasteiger partial charge in [-0.15, -0.1) is 11.6 Å². The molecule has 0 bridgehead atoms. The highest BCUT2D eigenvalue weighted by Gasteiger charge is 2.90. The molecule has 94 valence electrons. The van der Waals surface area contributed by atoms with E-state index in [0.29, 0.717) is 0 Å². The number of carboxylic acids is 1. The third-order valence-electron chi connectivity index (χ3n) is 3.03. The second kappa shape index (κ2) is 3.00. The molecule has 1 aliphatic rings. The van der Waals surface area contributed by atoms with Crippen molar-refractivity contribution in [3.05, 3.63) is 0 Å². The summed E-state index contributed by atoms with van der Waals surface area (Å²) in [5.74, 6) is -8.93. The van der Waals surface area contributed by atoms with E-state index in [1.807, 2.05) is 0 Å². The largest absolute Gasteiger partial charge is 0.481 e. The van der Waals surface area contributed by atoms with E-state index in [-0.39, 0.29) is 0 Å². The van der Waals surface area contributed by atoms with E-state index in [9.17, 15) is 26.7 Å². The molecule has 1 saturated carbocycles. The molecule has 0 heterocycles. The van der Waals surface area contributed by atoms with E-state index in [2.05, 4.69) is 0 Å². The SMILES string of the molecule is CC1(C)C(C(=O)O)C1(Cl)C(F)(F)C(F)(F)F. The first-order valence-electron chi connectivity index (χ1n) is 4.18. The van der Waals surface area contributed by atoms with Crippen LogP contribution in [0.2, 0.25) is 0 Å². The Morgan fingerprint density at radius 1 is 1.25 bits per heavy atom. The molecule has 0 amide bonds. The minimum absolute atomic E-state index is 0.971. The fourth-order valence-electron chi connectivity index (χ4n) is 1.98. The van der Waals surface area contributed by atoms with Crippen molar-refractivity contribution in [3.63, 3.8) is 0 Å². The molecule has 0 aromatic rings. The van der Waals surface area contributed by atoms with Crippen molar-refractivity contribution >= 4 is 17.6 Å². The summed E-state index contributed by atoms with van der Waals surface area (Å²) in [4.78, 5) is 7.46. The second-order valence-electron chi connectivity index (χ2n) is 4.28. The Morgan fingerprint density at radius 3 is 1.81 bits per heavy atom. The van der Waals surface area contributed by atoms with Gasteiger partial charge in [-0.2, -0.15) is 22.0 Å². The molecule has 1 fully saturated rings. The second-order valence-corrected chi connectivity index (χ2v) is 4.87. The molecule has 0 aromatic carbocycles. The van der Waals surface area contributed by atoms with Gasteiger partial charge >= 0.3 is 18.1 Å². The van der Waals surface area contributed by atoms with Crippen molar-refractivity contribution in [1.29, 1.82) is 0 Å². The number of aliphatic carboxylic acids is 1. The van der Waals surface area contributed by atoms with Gasteiger partial charge in [-0.1, -0.05) is 13.8 Å². The highest BCUT2D eigenvalue weighted by molar-refractivity contribution is 6.30. The summed E-state index contributed by atoms with van der Waals surface area (Å²) in [6, 6.07) is 0. The van der Waals surface area contributed by atoms with Crippen LogP contribution in [0.5, 0.6) is 0 Å². The quantitative estimate of drug-likeness (QED) is 0.616. The number of alkyl halides is 6. The predicted octanol–water partition coefficient (Wildman–Crippen LogP) is 2.90. The van der Waals surface area contributed by atoms with Crippen LogP contribution in [0, 0.1) is 11.3 Å². The normalized spacial score (nSPS) is 33.6. The van der Waals surface area contributed by atoms with E-state index in [1.54, 1.807) is 0 Å². The molecule has 0 radical (unpaired) electrons. The van der Waals surface area contributed by atoms with E-state index in [1.165, 1.54) is 0 Å². The predicted molar refractivity (Wildman–Crippen MR) is 44.5 cm³/mol. The zero-order valence-corrected chi connectivity index (χ0v) is 8.96. The van der Waals surface area contributed by atoms with Gasteiger partial charge in [0.15, 0.2) is 0 Å². The molecule has 0 aromatic heterocycles. The molecule has 0 spiro atoms. The average Bonchev–Trinajstić information content (AvgIpc) is 2.45. The molecule has 8 heteroatoms. The zero-order valence-electron chi connectivity index (χ0n) is 8.20. The molecule has 16 heavy (non-hydrogen) atoms. The van der Waals surface area contributed by atoms with Gasteiger partial charge in [-0.3, -0.25) is 4.79 Å². The summed E-state index contributed by atoms with van der Waals surface area (Å²) < 4.78 is 62.5. The van der Waals surface area contributed by atoms with Crippen molar-refractivity contribution in [3.8, 4) is 0 Å². The summed E-state index contributed by atoms with van der Waals surface area (Å²) >= 11 is 5.22. The van der Waals surface area contributed by atoms with Gasteiger partial charge in [0.05, 0.1) is 5.92 Å². The van der Waals surface area contributed by atoms with Crippen LogP contribution in [-0.4, -0.2) is 28.0 Å².